The molecule has 0 radical (unpaired) electrons. The lowest BCUT2D eigenvalue weighted by Crippen LogP contribution is -2.40. The number of nitrogens with one attached hydrogen (secondary N) is 1. The fourth-order valence-electron chi connectivity index (χ4n) is 1.20. The quantitative estimate of drug-likeness (QED) is 0.727. The van der Waals surface area contributed by atoms with Crippen molar-refractivity contribution in [2.45, 2.75) is 19.4 Å². The Morgan fingerprint density at radius 1 is 1.69 bits per heavy atom. The van der Waals surface area contributed by atoms with Crippen LogP contribution in [0.4, 0.5) is 0 Å². The number of ether oxygens (including phenoxy) is 1. The third-order valence-corrected chi connectivity index (χ3v) is 2.79. The number of aryl methyl sites for hydroxylation is 1. The summed E-state index contributed by atoms with van der Waals surface area (Å²) in [5, 5.41) is 15.5. The number of hydrogen-bond donors (Lipinski definition) is 2. The van der Waals surface area contributed by atoms with Crippen LogP contribution in [0.25, 0.3) is 0 Å². The largest absolute Gasteiger partial charge is 0.394 e. The van der Waals surface area contributed by atoms with Crippen LogP contribution in [0, 0.1) is 0 Å². The minimum atomic E-state index is -0.399. The van der Waals surface area contributed by atoms with E-state index in [9.17, 15) is 4.79 Å². The van der Waals surface area contributed by atoms with Gasteiger partial charge in [0, 0.05) is 7.11 Å². The number of hydrogen-bond acceptors (Lipinski definition) is 6. The first-order valence-electron chi connectivity index (χ1n) is 4.94. The van der Waals surface area contributed by atoms with Crippen molar-refractivity contribution in [2.75, 3.05) is 20.3 Å². The zero-order chi connectivity index (χ0) is 12.0. The zero-order valence-corrected chi connectivity index (χ0v) is 10.1. The summed E-state index contributed by atoms with van der Waals surface area (Å²) < 4.78 is 8.60. The van der Waals surface area contributed by atoms with Gasteiger partial charge in [-0.2, -0.15) is 0 Å². The Kier molecular flexibility index (Phi) is 5.30. The zero-order valence-electron chi connectivity index (χ0n) is 9.27. The predicted octanol–water partition coefficient (Wildman–Crippen LogP) is -0.162. The third-order valence-electron chi connectivity index (χ3n) is 2.02. The average Bonchev–Trinajstić information content (AvgIpc) is 2.76. The molecule has 0 fully saturated rings. The minimum absolute atomic E-state index is 0.159. The van der Waals surface area contributed by atoms with Crippen LogP contribution in [-0.2, 0) is 11.2 Å². The van der Waals surface area contributed by atoms with Gasteiger partial charge in [0.15, 0.2) is 0 Å². The molecule has 1 heterocycles. The van der Waals surface area contributed by atoms with E-state index in [4.69, 9.17) is 9.84 Å². The molecule has 16 heavy (non-hydrogen) atoms. The van der Waals surface area contributed by atoms with E-state index in [2.05, 4.69) is 14.9 Å². The Balaban J connectivity index is 2.64. The molecular formula is C9H15N3O3S. The highest BCUT2D eigenvalue weighted by Crippen LogP contribution is 2.10. The highest BCUT2D eigenvalue weighted by Gasteiger charge is 2.18. The molecule has 1 unspecified atom stereocenters. The van der Waals surface area contributed by atoms with Gasteiger partial charge in [0.2, 0.25) is 0 Å². The maximum atomic E-state index is 11.8. The number of aromatic nitrogens is 2. The summed E-state index contributed by atoms with van der Waals surface area (Å²) in [5.41, 5.74) is 0.677. The first-order valence-corrected chi connectivity index (χ1v) is 5.72. The number of carbonyl (C=O) groups is 1. The molecule has 1 aromatic heterocycles. The second-order valence-electron chi connectivity index (χ2n) is 3.21. The van der Waals surface area contributed by atoms with Crippen molar-refractivity contribution in [3.63, 3.8) is 0 Å². The predicted molar refractivity (Wildman–Crippen MR) is 59.5 cm³/mol. The number of aliphatic hydroxyl groups excluding tert-OH is 1. The van der Waals surface area contributed by atoms with Crippen LogP contribution in [0.3, 0.4) is 0 Å². The van der Waals surface area contributed by atoms with Gasteiger partial charge in [0.1, 0.15) is 4.88 Å². The van der Waals surface area contributed by atoms with Gasteiger partial charge < -0.3 is 15.2 Å². The molecule has 0 aliphatic rings. The molecule has 0 aliphatic carbocycles. The van der Waals surface area contributed by atoms with Crippen molar-refractivity contribution in [2.24, 2.45) is 0 Å². The molecule has 6 nitrogen and oxygen atoms in total. The van der Waals surface area contributed by atoms with Crippen LogP contribution in [0.15, 0.2) is 0 Å². The molecular weight excluding hydrogens is 230 g/mol. The lowest BCUT2D eigenvalue weighted by atomic mass is 10.2. The topological polar surface area (TPSA) is 84.3 Å². The molecule has 90 valence electrons. The van der Waals surface area contributed by atoms with E-state index in [1.54, 1.807) is 0 Å². The Hall–Kier alpha value is -1.05. The highest BCUT2D eigenvalue weighted by molar-refractivity contribution is 7.08. The van der Waals surface area contributed by atoms with Gasteiger partial charge in [-0.3, -0.25) is 4.79 Å². The first-order chi connectivity index (χ1) is 7.72. The summed E-state index contributed by atoms with van der Waals surface area (Å²) in [5.74, 6) is -0.261. The van der Waals surface area contributed by atoms with Crippen LogP contribution in [0.1, 0.15) is 22.3 Å². The summed E-state index contributed by atoms with van der Waals surface area (Å²) in [6.45, 7) is 2.02. The maximum absolute atomic E-state index is 11.8. The van der Waals surface area contributed by atoms with Crippen molar-refractivity contribution in [3.05, 3.63) is 10.6 Å². The fraction of sp³-hybridized carbons (Fsp3) is 0.667. The van der Waals surface area contributed by atoms with E-state index in [0.717, 1.165) is 11.5 Å². The van der Waals surface area contributed by atoms with Crippen LogP contribution in [-0.4, -0.2) is 47.0 Å². The Labute approximate surface area is 97.8 Å². The number of carbonyl (C=O) groups excluding carboxylic acids is 1. The number of amides is 1. The van der Waals surface area contributed by atoms with Crippen LogP contribution >= 0.6 is 11.5 Å². The third kappa shape index (κ3) is 3.22. The second-order valence-corrected chi connectivity index (χ2v) is 3.96. The Morgan fingerprint density at radius 2 is 2.44 bits per heavy atom. The van der Waals surface area contributed by atoms with E-state index in [1.807, 2.05) is 6.92 Å². The molecule has 0 spiro atoms. The van der Waals surface area contributed by atoms with Crippen LogP contribution < -0.4 is 5.32 Å². The molecule has 1 atom stereocenters. The molecule has 0 saturated carbocycles. The average molecular weight is 245 g/mol. The smallest absolute Gasteiger partial charge is 0.265 e. The van der Waals surface area contributed by atoms with E-state index < -0.39 is 6.04 Å². The summed E-state index contributed by atoms with van der Waals surface area (Å²) in [4.78, 5) is 12.3. The minimum Gasteiger partial charge on any atom is -0.394 e. The van der Waals surface area contributed by atoms with Crippen molar-refractivity contribution < 1.29 is 14.6 Å². The lowest BCUT2D eigenvalue weighted by molar-refractivity contribution is 0.0842. The standard InChI is InChI=1S/C9H15N3O3S/c1-3-7-8(16-12-11-7)9(14)10-6(4-13)5-15-2/h6,13H,3-5H2,1-2H3,(H,10,14). The summed E-state index contributed by atoms with van der Waals surface area (Å²) >= 11 is 1.06. The number of nitrogens with zero attached hydrogens (tertiary/aromatic N) is 2. The molecule has 0 aliphatic heterocycles. The van der Waals surface area contributed by atoms with Gasteiger partial charge in [-0.05, 0) is 18.0 Å². The second kappa shape index (κ2) is 6.51. The summed E-state index contributed by atoms with van der Waals surface area (Å²) in [7, 11) is 1.51. The van der Waals surface area contributed by atoms with Gasteiger partial charge in [-0.15, -0.1) is 5.10 Å². The van der Waals surface area contributed by atoms with E-state index in [0.29, 0.717) is 17.0 Å². The number of aliphatic hydroxyl groups is 1. The van der Waals surface area contributed by atoms with Gasteiger partial charge in [-0.1, -0.05) is 11.4 Å². The molecule has 7 heteroatoms. The van der Waals surface area contributed by atoms with Crippen LogP contribution in [0.2, 0.25) is 0 Å². The highest BCUT2D eigenvalue weighted by atomic mass is 32.1. The van der Waals surface area contributed by atoms with Gasteiger partial charge in [0.25, 0.3) is 5.91 Å². The monoisotopic (exact) mass is 245 g/mol. The van der Waals surface area contributed by atoms with Crippen molar-refractivity contribution >= 4 is 17.4 Å². The Morgan fingerprint density at radius 3 is 3.00 bits per heavy atom. The lowest BCUT2D eigenvalue weighted by Gasteiger charge is -2.14. The van der Waals surface area contributed by atoms with E-state index in [-0.39, 0.29) is 19.1 Å². The fourth-order valence-corrected chi connectivity index (χ4v) is 1.86. The Bertz CT molecular complexity index is 342. The SMILES string of the molecule is CCc1nnsc1C(=O)NC(CO)COC. The molecule has 1 aromatic rings. The van der Waals surface area contributed by atoms with Crippen molar-refractivity contribution in [3.8, 4) is 0 Å². The number of rotatable bonds is 6. The molecule has 0 saturated heterocycles. The van der Waals surface area contributed by atoms with Crippen molar-refractivity contribution in [1.29, 1.82) is 0 Å². The molecule has 0 aromatic carbocycles. The van der Waals surface area contributed by atoms with Crippen molar-refractivity contribution in [1.82, 2.24) is 14.9 Å². The van der Waals surface area contributed by atoms with Gasteiger partial charge in [-0.25, -0.2) is 0 Å². The van der Waals surface area contributed by atoms with Gasteiger partial charge >= 0.3 is 0 Å². The summed E-state index contributed by atoms with van der Waals surface area (Å²) in [6, 6.07) is -0.399. The summed E-state index contributed by atoms with van der Waals surface area (Å²) in [6.07, 6.45) is 0.660. The van der Waals surface area contributed by atoms with E-state index in [1.165, 1.54) is 7.11 Å². The van der Waals surface area contributed by atoms with Gasteiger partial charge in [0.05, 0.1) is 24.9 Å². The molecule has 1 rings (SSSR count). The van der Waals surface area contributed by atoms with Crippen LogP contribution in [0.5, 0.6) is 0 Å². The molecule has 2 N–H and O–H groups in total. The molecule has 1 amide bonds. The maximum Gasteiger partial charge on any atom is 0.265 e. The first kappa shape index (κ1) is 13.0. The normalized spacial score (nSPS) is 12.4. The molecule has 0 bridgehead atoms. The number of methoxy groups -OCH3 is 1. The van der Waals surface area contributed by atoms with E-state index >= 15 is 0 Å².